The highest BCUT2D eigenvalue weighted by atomic mass is 35.5. The molecular weight excluding hydrogens is 216 g/mol. The van der Waals surface area contributed by atoms with E-state index in [0.717, 1.165) is 4.90 Å². The maximum atomic E-state index is 11.1. The second-order valence-electron chi connectivity index (χ2n) is 2.64. The second-order valence-corrected chi connectivity index (χ2v) is 4.06. The third kappa shape index (κ3) is 3.45. The lowest BCUT2D eigenvalue weighted by molar-refractivity contribution is -0.115. The number of carbonyl (C=O) groups excluding carboxylic acids is 1. The number of carbonyl (C=O) groups is 1. The van der Waals surface area contributed by atoms with Crippen molar-refractivity contribution in [3.63, 3.8) is 0 Å². The first-order valence-electron chi connectivity index (χ1n) is 4.06. The highest BCUT2D eigenvalue weighted by molar-refractivity contribution is 8.00. The number of hydrogen-bond acceptors (Lipinski definition) is 2. The van der Waals surface area contributed by atoms with Gasteiger partial charge in [-0.15, -0.1) is 18.2 Å². The highest BCUT2D eigenvalue weighted by Crippen LogP contribution is 2.26. The molecule has 0 heterocycles. The molecule has 3 heteroatoms. The Bertz CT molecular complexity index is 368. The molecule has 1 aromatic carbocycles. The van der Waals surface area contributed by atoms with Crippen molar-refractivity contribution in [1.82, 2.24) is 0 Å². The zero-order valence-electron chi connectivity index (χ0n) is 7.50. The van der Waals surface area contributed by atoms with E-state index in [1.54, 1.807) is 6.07 Å². The predicted octanol–water partition coefficient (Wildman–Crippen LogP) is 3.02. The molecule has 0 saturated carbocycles. The number of halogens is 1. The lowest BCUT2D eigenvalue weighted by Crippen LogP contribution is -1.98. The van der Waals surface area contributed by atoms with Crippen LogP contribution >= 0.6 is 23.4 Å². The average Bonchev–Trinajstić information content (AvgIpc) is 2.17. The van der Waals surface area contributed by atoms with Crippen LogP contribution in [0.15, 0.2) is 29.2 Å². The molecule has 0 aromatic heterocycles. The summed E-state index contributed by atoms with van der Waals surface area (Å²) in [5.74, 6) is 2.76. The SMILES string of the molecule is C#CCC(=O)CSc1ccccc1Cl. The van der Waals surface area contributed by atoms with E-state index < -0.39 is 0 Å². The predicted molar refractivity (Wildman–Crippen MR) is 60.6 cm³/mol. The summed E-state index contributed by atoms with van der Waals surface area (Å²) in [7, 11) is 0. The van der Waals surface area contributed by atoms with Gasteiger partial charge in [-0.3, -0.25) is 4.79 Å². The number of Topliss-reactive ketones (excluding diaryl/α,β-unsaturated/α-hetero) is 1. The molecule has 72 valence electrons. The molecule has 0 aliphatic carbocycles. The van der Waals surface area contributed by atoms with Gasteiger partial charge in [-0.2, -0.15) is 0 Å². The Morgan fingerprint density at radius 2 is 2.21 bits per heavy atom. The fraction of sp³-hybridized carbons (Fsp3) is 0.182. The summed E-state index contributed by atoms with van der Waals surface area (Å²) < 4.78 is 0. The minimum absolute atomic E-state index is 0.0532. The van der Waals surface area contributed by atoms with E-state index in [2.05, 4.69) is 5.92 Å². The van der Waals surface area contributed by atoms with Crippen molar-refractivity contribution in [2.45, 2.75) is 11.3 Å². The van der Waals surface area contributed by atoms with E-state index in [4.69, 9.17) is 18.0 Å². The molecule has 0 aliphatic rings. The standard InChI is InChI=1S/C11H9ClOS/c1-2-5-9(13)8-14-11-7-4-3-6-10(11)12/h1,3-4,6-7H,5,8H2. The van der Waals surface area contributed by atoms with E-state index in [9.17, 15) is 4.79 Å². The zero-order chi connectivity index (χ0) is 10.4. The Kier molecular flexibility index (Phi) is 4.58. The second kappa shape index (κ2) is 5.74. The molecule has 0 amide bonds. The van der Waals surface area contributed by atoms with Crippen LogP contribution in [0, 0.1) is 12.3 Å². The molecule has 0 fully saturated rings. The van der Waals surface area contributed by atoms with Crippen LogP contribution in [0.1, 0.15) is 6.42 Å². The van der Waals surface area contributed by atoms with E-state index >= 15 is 0 Å². The van der Waals surface area contributed by atoms with Crippen LogP contribution in [0.2, 0.25) is 5.02 Å². The number of terminal acetylenes is 1. The largest absolute Gasteiger partial charge is 0.298 e. The molecule has 1 rings (SSSR count). The lowest BCUT2D eigenvalue weighted by Gasteiger charge is -2.01. The normalized spacial score (nSPS) is 9.43. The van der Waals surface area contributed by atoms with Crippen molar-refractivity contribution in [2.24, 2.45) is 0 Å². The molecule has 0 bridgehead atoms. The van der Waals surface area contributed by atoms with Gasteiger partial charge in [0.25, 0.3) is 0 Å². The monoisotopic (exact) mass is 224 g/mol. The Labute approximate surface area is 92.8 Å². The number of ketones is 1. The highest BCUT2D eigenvalue weighted by Gasteiger charge is 2.03. The van der Waals surface area contributed by atoms with E-state index in [-0.39, 0.29) is 12.2 Å². The number of rotatable bonds is 4. The van der Waals surface area contributed by atoms with E-state index in [0.29, 0.717) is 10.8 Å². The summed E-state index contributed by atoms with van der Waals surface area (Å²) in [5.41, 5.74) is 0. The van der Waals surface area contributed by atoms with E-state index in [1.807, 2.05) is 18.2 Å². The Morgan fingerprint density at radius 3 is 2.86 bits per heavy atom. The molecule has 0 saturated heterocycles. The number of benzene rings is 1. The first-order valence-corrected chi connectivity index (χ1v) is 5.43. The third-order valence-corrected chi connectivity index (χ3v) is 3.10. The maximum Gasteiger partial charge on any atom is 0.154 e. The van der Waals surface area contributed by atoms with Gasteiger partial charge < -0.3 is 0 Å². The van der Waals surface area contributed by atoms with Crippen molar-refractivity contribution in [3.05, 3.63) is 29.3 Å². The molecule has 14 heavy (non-hydrogen) atoms. The van der Waals surface area contributed by atoms with Crippen LogP contribution in [0.3, 0.4) is 0 Å². The van der Waals surface area contributed by atoms with Gasteiger partial charge in [0, 0.05) is 4.90 Å². The van der Waals surface area contributed by atoms with Crippen molar-refractivity contribution in [1.29, 1.82) is 0 Å². The average molecular weight is 225 g/mol. The lowest BCUT2D eigenvalue weighted by atomic mass is 10.3. The fourth-order valence-corrected chi connectivity index (χ4v) is 1.98. The van der Waals surface area contributed by atoms with Gasteiger partial charge in [-0.1, -0.05) is 29.7 Å². The van der Waals surface area contributed by atoms with Gasteiger partial charge in [0.1, 0.15) is 0 Å². The summed E-state index contributed by atoms with van der Waals surface area (Å²) >= 11 is 7.33. The summed E-state index contributed by atoms with van der Waals surface area (Å²) in [6, 6.07) is 7.43. The minimum atomic E-state index is 0.0532. The molecule has 1 aromatic rings. The molecule has 0 spiro atoms. The molecule has 0 unspecified atom stereocenters. The van der Waals surface area contributed by atoms with Crippen molar-refractivity contribution >= 4 is 29.1 Å². The Balaban J connectivity index is 2.51. The van der Waals surface area contributed by atoms with Gasteiger partial charge in [-0.05, 0) is 12.1 Å². The van der Waals surface area contributed by atoms with Crippen LogP contribution in [0.4, 0.5) is 0 Å². The van der Waals surface area contributed by atoms with Gasteiger partial charge in [-0.25, -0.2) is 0 Å². The third-order valence-electron chi connectivity index (χ3n) is 1.52. The smallest absolute Gasteiger partial charge is 0.154 e. The Hall–Kier alpha value is -0.910. The van der Waals surface area contributed by atoms with Gasteiger partial charge in [0.2, 0.25) is 0 Å². The Morgan fingerprint density at radius 1 is 1.50 bits per heavy atom. The van der Waals surface area contributed by atoms with Gasteiger partial charge in [0.05, 0.1) is 17.2 Å². The molecular formula is C11H9ClOS. The molecule has 0 radical (unpaired) electrons. The fourth-order valence-electron chi connectivity index (χ4n) is 0.885. The van der Waals surface area contributed by atoms with Crippen LogP contribution in [-0.4, -0.2) is 11.5 Å². The van der Waals surface area contributed by atoms with Crippen LogP contribution < -0.4 is 0 Å². The molecule has 0 aliphatic heterocycles. The van der Waals surface area contributed by atoms with Crippen molar-refractivity contribution < 1.29 is 4.79 Å². The first kappa shape index (κ1) is 11.2. The molecule has 0 N–H and O–H groups in total. The van der Waals surface area contributed by atoms with Gasteiger partial charge >= 0.3 is 0 Å². The summed E-state index contributed by atoms with van der Waals surface area (Å²) in [5, 5.41) is 0.672. The van der Waals surface area contributed by atoms with Crippen LogP contribution in [0.25, 0.3) is 0 Å². The number of hydrogen-bond donors (Lipinski definition) is 0. The number of thioether (sulfide) groups is 1. The summed E-state index contributed by atoms with van der Waals surface area (Å²) in [6.45, 7) is 0. The van der Waals surface area contributed by atoms with Gasteiger partial charge in [0.15, 0.2) is 5.78 Å². The summed E-state index contributed by atoms with van der Waals surface area (Å²) in [4.78, 5) is 12.0. The van der Waals surface area contributed by atoms with E-state index in [1.165, 1.54) is 11.8 Å². The molecule has 1 nitrogen and oxygen atoms in total. The maximum absolute atomic E-state index is 11.1. The van der Waals surface area contributed by atoms with Crippen LogP contribution in [0.5, 0.6) is 0 Å². The topological polar surface area (TPSA) is 17.1 Å². The molecule has 0 atom stereocenters. The first-order chi connectivity index (χ1) is 6.74. The van der Waals surface area contributed by atoms with Crippen LogP contribution in [-0.2, 0) is 4.79 Å². The van der Waals surface area contributed by atoms with Crippen molar-refractivity contribution in [2.75, 3.05) is 5.75 Å². The minimum Gasteiger partial charge on any atom is -0.298 e. The quantitative estimate of drug-likeness (QED) is 0.578. The summed E-state index contributed by atoms with van der Waals surface area (Å²) in [6.07, 6.45) is 5.21. The zero-order valence-corrected chi connectivity index (χ0v) is 9.07. The van der Waals surface area contributed by atoms with Crippen molar-refractivity contribution in [3.8, 4) is 12.3 Å².